The highest BCUT2D eigenvalue weighted by Gasteiger charge is 2.47. The molecular formula is C25H26Br2N2O3. The second kappa shape index (κ2) is 8.35. The van der Waals surface area contributed by atoms with Gasteiger partial charge in [-0.2, -0.15) is 0 Å². The summed E-state index contributed by atoms with van der Waals surface area (Å²) >= 11 is 7.36. The number of halogens is 2. The number of hydrogen-bond acceptors (Lipinski definition) is 5. The molecule has 3 heterocycles. The van der Waals surface area contributed by atoms with Gasteiger partial charge in [0.1, 0.15) is 5.75 Å². The van der Waals surface area contributed by atoms with E-state index in [2.05, 4.69) is 72.0 Å². The van der Waals surface area contributed by atoms with Gasteiger partial charge in [0.15, 0.2) is 17.2 Å². The van der Waals surface area contributed by atoms with Gasteiger partial charge in [0.25, 0.3) is 0 Å². The molecule has 5 nitrogen and oxygen atoms in total. The molecule has 7 heteroatoms. The molecule has 1 atom stereocenters. The summed E-state index contributed by atoms with van der Waals surface area (Å²) in [5, 5.41) is 0. The molecule has 0 bridgehead atoms. The topological polar surface area (TPSA) is 34.2 Å². The normalized spacial score (nSPS) is 25.0. The van der Waals surface area contributed by atoms with Gasteiger partial charge in [-0.05, 0) is 76.7 Å². The third-order valence-electron chi connectivity index (χ3n) is 7.08. The van der Waals surface area contributed by atoms with Crippen LogP contribution in [-0.4, -0.2) is 48.5 Å². The number of hydrogen-bond donors (Lipinski definition) is 0. The molecule has 1 aliphatic carbocycles. The molecule has 1 saturated heterocycles. The number of ether oxygens (including phenoxy) is 3. The van der Waals surface area contributed by atoms with Crippen LogP contribution in [0.5, 0.6) is 17.2 Å². The highest BCUT2D eigenvalue weighted by molar-refractivity contribution is 9.11. The molecule has 2 aromatic carbocycles. The van der Waals surface area contributed by atoms with Crippen molar-refractivity contribution in [1.82, 2.24) is 9.80 Å². The van der Waals surface area contributed by atoms with E-state index >= 15 is 0 Å². The fourth-order valence-corrected chi connectivity index (χ4v) is 6.82. The maximum absolute atomic E-state index is 6.89. The first-order valence-corrected chi connectivity index (χ1v) is 12.9. The minimum absolute atomic E-state index is 0.299. The summed E-state index contributed by atoms with van der Waals surface area (Å²) in [6.45, 7) is 5.33. The zero-order valence-corrected chi connectivity index (χ0v) is 21.1. The van der Waals surface area contributed by atoms with Gasteiger partial charge in [-0.1, -0.05) is 22.0 Å². The predicted octanol–water partition coefficient (Wildman–Crippen LogP) is 5.80. The Labute approximate surface area is 205 Å². The van der Waals surface area contributed by atoms with E-state index in [9.17, 15) is 0 Å². The Morgan fingerprint density at radius 2 is 1.78 bits per heavy atom. The fourth-order valence-electron chi connectivity index (χ4n) is 5.48. The smallest absolute Gasteiger partial charge is 0.231 e. The molecule has 0 aromatic heterocycles. The Morgan fingerprint density at radius 1 is 0.938 bits per heavy atom. The molecule has 32 heavy (non-hydrogen) atoms. The van der Waals surface area contributed by atoms with E-state index < -0.39 is 0 Å². The van der Waals surface area contributed by atoms with Crippen molar-refractivity contribution in [1.29, 1.82) is 0 Å². The van der Waals surface area contributed by atoms with Crippen molar-refractivity contribution in [2.75, 3.05) is 33.0 Å². The molecule has 2 aromatic rings. The summed E-state index contributed by atoms with van der Waals surface area (Å²) in [7, 11) is 0. The molecule has 2 fully saturated rings. The second-order valence-electron chi connectivity index (χ2n) is 9.02. The highest BCUT2D eigenvalue weighted by atomic mass is 79.9. The Balaban J connectivity index is 1.20. The Hall–Kier alpha value is -1.54. The van der Waals surface area contributed by atoms with Gasteiger partial charge in [-0.3, -0.25) is 9.80 Å². The first-order valence-electron chi connectivity index (χ1n) is 11.4. The van der Waals surface area contributed by atoms with Gasteiger partial charge < -0.3 is 14.2 Å². The van der Waals surface area contributed by atoms with Crippen molar-refractivity contribution in [3.05, 3.63) is 56.0 Å². The molecule has 4 aliphatic rings. The average Bonchev–Trinajstić information content (AvgIpc) is 3.26. The highest BCUT2D eigenvalue weighted by Crippen LogP contribution is 2.48. The lowest BCUT2D eigenvalue weighted by Gasteiger charge is -2.52. The van der Waals surface area contributed by atoms with Crippen LogP contribution >= 0.6 is 31.9 Å². The maximum Gasteiger partial charge on any atom is 0.231 e. The lowest BCUT2D eigenvalue weighted by Crippen LogP contribution is -2.62. The minimum atomic E-state index is -0.299. The molecule has 6 rings (SSSR count). The summed E-state index contributed by atoms with van der Waals surface area (Å²) < 4.78 is 20.0. The molecule has 0 amide bonds. The van der Waals surface area contributed by atoms with Crippen molar-refractivity contribution >= 4 is 37.9 Å². The Bertz CT molecular complexity index is 1080. The standard InChI is InChI=1S/C25H26Br2N2O3/c26-20-13-18-12-19-3-1-2-6-25(19,32-24(18)21(27)14-20)29-9-7-28(8-10-29)15-17-4-5-22-23(11-17)31-16-30-22/h4-5,11-14H,1-3,6-10,15-16H2. The van der Waals surface area contributed by atoms with Gasteiger partial charge >= 0.3 is 0 Å². The molecule has 168 valence electrons. The third-order valence-corrected chi connectivity index (χ3v) is 8.12. The minimum Gasteiger partial charge on any atom is -0.467 e. The van der Waals surface area contributed by atoms with E-state index in [-0.39, 0.29) is 5.72 Å². The van der Waals surface area contributed by atoms with E-state index in [0.717, 1.165) is 71.8 Å². The predicted molar refractivity (Wildman–Crippen MR) is 131 cm³/mol. The lowest BCUT2D eigenvalue weighted by atomic mass is 9.82. The Morgan fingerprint density at radius 3 is 2.66 bits per heavy atom. The molecular weight excluding hydrogens is 536 g/mol. The first kappa shape index (κ1) is 21.0. The van der Waals surface area contributed by atoms with Crippen LogP contribution in [-0.2, 0) is 6.54 Å². The van der Waals surface area contributed by atoms with Crippen LogP contribution in [0.4, 0.5) is 0 Å². The zero-order valence-electron chi connectivity index (χ0n) is 17.9. The largest absolute Gasteiger partial charge is 0.467 e. The molecule has 0 spiro atoms. The molecule has 1 saturated carbocycles. The van der Waals surface area contributed by atoms with Crippen LogP contribution in [0.2, 0.25) is 0 Å². The van der Waals surface area contributed by atoms with Crippen molar-refractivity contribution < 1.29 is 14.2 Å². The van der Waals surface area contributed by atoms with Crippen molar-refractivity contribution in [3.8, 4) is 17.2 Å². The second-order valence-corrected chi connectivity index (χ2v) is 10.8. The third kappa shape index (κ3) is 3.67. The average molecular weight is 562 g/mol. The molecule has 0 N–H and O–H groups in total. The zero-order chi connectivity index (χ0) is 21.7. The van der Waals surface area contributed by atoms with Crippen molar-refractivity contribution in [2.45, 2.75) is 38.0 Å². The maximum atomic E-state index is 6.89. The summed E-state index contributed by atoms with van der Waals surface area (Å²) in [5.74, 6) is 2.69. The monoisotopic (exact) mass is 560 g/mol. The van der Waals surface area contributed by atoms with E-state index in [4.69, 9.17) is 14.2 Å². The summed E-state index contributed by atoms with van der Waals surface area (Å²) in [5.41, 5.74) is 3.58. The molecule has 1 unspecified atom stereocenters. The van der Waals surface area contributed by atoms with E-state index in [0.29, 0.717) is 6.79 Å². The lowest BCUT2D eigenvalue weighted by molar-refractivity contribution is -0.0931. The Kier molecular flexibility index (Phi) is 5.49. The summed E-state index contributed by atoms with van der Waals surface area (Å²) in [6.07, 6.45) is 7.00. The van der Waals surface area contributed by atoms with Crippen LogP contribution in [0.3, 0.4) is 0 Å². The van der Waals surface area contributed by atoms with E-state index in [1.54, 1.807) is 0 Å². The van der Waals surface area contributed by atoms with E-state index in [1.165, 1.54) is 29.5 Å². The number of fused-ring (bicyclic) bond motifs is 3. The van der Waals surface area contributed by atoms with Crippen LogP contribution in [0.25, 0.3) is 6.08 Å². The molecule has 0 radical (unpaired) electrons. The number of rotatable bonds is 3. The van der Waals surface area contributed by atoms with Crippen molar-refractivity contribution in [3.63, 3.8) is 0 Å². The molecule has 3 aliphatic heterocycles. The first-order chi connectivity index (χ1) is 15.6. The van der Waals surface area contributed by atoms with Gasteiger partial charge in [-0.25, -0.2) is 0 Å². The van der Waals surface area contributed by atoms with Crippen LogP contribution in [0.15, 0.2) is 44.9 Å². The fraction of sp³-hybridized carbons (Fsp3) is 0.440. The number of piperazine rings is 1. The van der Waals surface area contributed by atoms with Crippen molar-refractivity contribution in [2.24, 2.45) is 0 Å². The number of benzene rings is 2. The van der Waals surface area contributed by atoms with Gasteiger partial charge in [-0.15, -0.1) is 0 Å². The van der Waals surface area contributed by atoms with Gasteiger partial charge in [0.05, 0.1) is 4.47 Å². The van der Waals surface area contributed by atoms with Gasteiger partial charge in [0, 0.05) is 49.2 Å². The number of nitrogens with zero attached hydrogens (tertiary/aromatic N) is 2. The van der Waals surface area contributed by atoms with Crippen LogP contribution in [0.1, 0.15) is 36.8 Å². The van der Waals surface area contributed by atoms with Gasteiger partial charge in [0.2, 0.25) is 6.79 Å². The SMILES string of the molecule is Brc1cc(Br)c2c(c1)C=C1CCCCC1(N1CCN(Cc3ccc4c(c3)OCO4)CC1)O2. The summed E-state index contributed by atoms with van der Waals surface area (Å²) in [4.78, 5) is 5.12. The van der Waals surface area contributed by atoms with E-state index in [1.807, 2.05) is 6.07 Å². The van der Waals surface area contributed by atoms with Crippen LogP contribution in [0, 0.1) is 0 Å². The summed E-state index contributed by atoms with van der Waals surface area (Å²) in [6, 6.07) is 10.5. The quantitative estimate of drug-likeness (QED) is 0.473. The van der Waals surface area contributed by atoms with Crippen LogP contribution < -0.4 is 14.2 Å².